The van der Waals surface area contributed by atoms with E-state index < -0.39 is 0 Å². The minimum absolute atomic E-state index is 0.00611. The maximum Gasteiger partial charge on any atom is 0.239 e. The Hall–Kier alpha value is -1.52. The van der Waals surface area contributed by atoms with E-state index in [0.717, 1.165) is 18.7 Å². The molecule has 0 saturated carbocycles. The predicted molar refractivity (Wildman–Crippen MR) is 64.2 cm³/mol. The highest BCUT2D eigenvalue weighted by molar-refractivity contribution is 5.80. The Kier molecular flexibility index (Phi) is 4.82. The lowest BCUT2D eigenvalue weighted by atomic mass is 10.2. The molecule has 1 atom stereocenters. The third kappa shape index (κ3) is 4.33. The van der Waals surface area contributed by atoms with Crippen molar-refractivity contribution in [3.05, 3.63) is 12.3 Å². The number of carbonyl (C=O) groups excluding carboxylic acids is 1. The van der Waals surface area contributed by atoms with Crippen molar-refractivity contribution in [2.45, 2.75) is 32.7 Å². The van der Waals surface area contributed by atoms with Crippen LogP contribution < -0.4 is 10.6 Å². The zero-order valence-electron chi connectivity index (χ0n) is 10.2. The van der Waals surface area contributed by atoms with E-state index in [2.05, 4.69) is 22.7 Å². The van der Waals surface area contributed by atoms with Gasteiger partial charge in [-0.2, -0.15) is 5.10 Å². The molecular formula is C11H20N4O. The number of hydrogen-bond donors (Lipinski definition) is 2. The fourth-order valence-electron chi connectivity index (χ4n) is 1.51. The van der Waals surface area contributed by atoms with Gasteiger partial charge in [0.05, 0.1) is 6.54 Å². The van der Waals surface area contributed by atoms with Crippen molar-refractivity contribution in [1.82, 2.24) is 15.1 Å². The zero-order chi connectivity index (χ0) is 12.0. The van der Waals surface area contributed by atoms with Gasteiger partial charge in [0.25, 0.3) is 0 Å². The first-order chi connectivity index (χ1) is 7.61. The SMILES string of the molecule is CCCC(C)NC(=O)CNc1ccn(C)n1. The Labute approximate surface area is 96.2 Å². The highest BCUT2D eigenvalue weighted by atomic mass is 16.1. The van der Waals surface area contributed by atoms with Crippen LogP contribution in [0.15, 0.2) is 12.3 Å². The Bertz CT molecular complexity index is 334. The molecule has 1 aromatic heterocycles. The number of carbonyl (C=O) groups is 1. The Morgan fingerprint density at radius 1 is 1.62 bits per heavy atom. The van der Waals surface area contributed by atoms with Gasteiger partial charge in [0.2, 0.25) is 5.91 Å². The van der Waals surface area contributed by atoms with Gasteiger partial charge in [-0.05, 0) is 13.3 Å². The molecule has 0 spiro atoms. The topological polar surface area (TPSA) is 59.0 Å². The van der Waals surface area contributed by atoms with Crippen molar-refractivity contribution in [3.63, 3.8) is 0 Å². The highest BCUT2D eigenvalue weighted by Gasteiger charge is 2.06. The summed E-state index contributed by atoms with van der Waals surface area (Å²) in [6.07, 6.45) is 3.92. The summed E-state index contributed by atoms with van der Waals surface area (Å²) < 4.78 is 1.69. The molecule has 1 amide bonds. The second kappa shape index (κ2) is 6.15. The van der Waals surface area contributed by atoms with E-state index in [4.69, 9.17) is 0 Å². The van der Waals surface area contributed by atoms with Crippen LogP contribution in [0.3, 0.4) is 0 Å². The Morgan fingerprint density at radius 2 is 2.38 bits per heavy atom. The van der Waals surface area contributed by atoms with Gasteiger partial charge in [0.15, 0.2) is 0 Å². The molecule has 0 bridgehead atoms. The number of nitrogens with zero attached hydrogens (tertiary/aromatic N) is 2. The standard InChI is InChI=1S/C11H20N4O/c1-4-5-9(2)13-11(16)8-12-10-6-7-15(3)14-10/h6-7,9H,4-5,8H2,1-3H3,(H,12,14)(H,13,16). The number of hydrogen-bond acceptors (Lipinski definition) is 3. The Morgan fingerprint density at radius 3 is 2.94 bits per heavy atom. The van der Waals surface area contributed by atoms with Gasteiger partial charge in [-0.15, -0.1) is 0 Å². The maximum absolute atomic E-state index is 11.5. The van der Waals surface area contributed by atoms with Crippen LogP contribution in [0.2, 0.25) is 0 Å². The summed E-state index contributed by atoms with van der Waals surface area (Å²) in [7, 11) is 1.84. The van der Waals surface area contributed by atoms with Crippen molar-refractivity contribution in [3.8, 4) is 0 Å². The lowest BCUT2D eigenvalue weighted by Gasteiger charge is -2.12. The van der Waals surface area contributed by atoms with Crippen LogP contribution in [0.1, 0.15) is 26.7 Å². The van der Waals surface area contributed by atoms with Gasteiger partial charge < -0.3 is 10.6 Å². The smallest absolute Gasteiger partial charge is 0.239 e. The summed E-state index contributed by atoms with van der Waals surface area (Å²) in [4.78, 5) is 11.5. The van der Waals surface area contributed by atoms with Gasteiger partial charge in [-0.25, -0.2) is 0 Å². The summed E-state index contributed by atoms with van der Waals surface area (Å²) in [6.45, 7) is 4.39. The summed E-state index contributed by atoms with van der Waals surface area (Å²) in [6, 6.07) is 2.07. The van der Waals surface area contributed by atoms with Crippen LogP contribution in [0.5, 0.6) is 0 Å². The highest BCUT2D eigenvalue weighted by Crippen LogP contribution is 2.00. The molecule has 0 aliphatic rings. The van der Waals surface area contributed by atoms with Crippen molar-refractivity contribution < 1.29 is 4.79 Å². The molecule has 16 heavy (non-hydrogen) atoms. The molecule has 0 aliphatic carbocycles. The second-order valence-corrected chi connectivity index (χ2v) is 3.99. The normalized spacial score (nSPS) is 12.2. The van der Waals surface area contributed by atoms with Crippen molar-refractivity contribution in [2.24, 2.45) is 7.05 Å². The quantitative estimate of drug-likeness (QED) is 0.761. The van der Waals surface area contributed by atoms with Crippen molar-refractivity contribution in [1.29, 1.82) is 0 Å². The molecular weight excluding hydrogens is 204 g/mol. The van der Waals surface area contributed by atoms with Crippen LogP contribution in [0, 0.1) is 0 Å². The van der Waals surface area contributed by atoms with Gasteiger partial charge in [0, 0.05) is 25.4 Å². The summed E-state index contributed by atoms with van der Waals surface area (Å²) in [5, 5.41) is 10.0. The van der Waals surface area contributed by atoms with E-state index >= 15 is 0 Å². The molecule has 0 fully saturated rings. The summed E-state index contributed by atoms with van der Waals surface area (Å²) in [5.74, 6) is 0.729. The van der Waals surface area contributed by atoms with E-state index in [1.54, 1.807) is 4.68 Å². The number of amides is 1. The van der Waals surface area contributed by atoms with E-state index in [0.29, 0.717) is 0 Å². The molecule has 1 heterocycles. The van der Waals surface area contributed by atoms with E-state index in [-0.39, 0.29) is 18.5 Å². The molecule has 0 aliphatic heterocycles. The first-order valence-electron chi connectivity index (χ1n) is 5.64. The molecule has 1 rings (SSSR count). The average molecular weight is 224 g/mol. The number of aromatic nitrogens is 2. The third-order valence-corrected chi connectivity index (χ3v) is 2.27. The molecule has 90 valence electrons. The molecule has 1 unspecified atom stereocenters. The van der Waals surface area contributed by atoms with Crippen LogP contribution in [0.4, 0.5) is 5.82 Å². The van der Waals surface area contributed by atoms with Crippen LogP contribution in [-0.4, -0.2) is 28.3 Å². The first-order valence-corrected chi connectivity index (χ1v) is 5.64. The monoisotopic (exact) mass is 224 g/mol. The largest absolute Gasteiger partial charge is 0.360 e. The molecule has 0 aromatic carbocycles. The van der Waals surface area contributed by atoms with Gasteiger partial charge in [-0.1, -0.05) is 13.3 Å². The maximum atomic E-state index is 11.5. The molecule has 0 saturated heterocycles. The molecule has 2 N–H and O–H groups in total. The molecule has 5 nitrogen and oxygen atoms in total. The number of anilines is 1. The van der Waals surface area contributed by atoms with Gasteiger partial charge in [-0.3, -0.25) is 9.48 Å². The summed E-state index contributed by atoms with van der Waals surface area (Å²) >= 11 is 0. The summed E-state index contributed by atoms with van der Waals surface area (Å²) in [5.41, 5.74) is 0. The molecule has 5 heteroatoms. The van der Waals surface area contributed by atoms with Crippen molar-refractivity contribution in [2.75, 3.05) is 11.9 Å². The second-order valence-electron chi connectivity index (χ2n) is 3.99. The van der Waals surface area contributed by atoms with E-state index in [1.807, 2.05) is 26.2 Å². The van der Waals surface area contributed by atoms with Crippen LogP contribution in [-0.2, 0) is 11.8 Å². The molecule has 1 aromatic rings. The average Bonchev–Trinajstić information content (AvgIpc) is 2.61. The van der Waals surface area contributed by atoms with E-state index in [9.17, 15) is 4.79 Å². The lowest BCUT2D eigenvalue weighted by Crippen LogP contribution is -2.36. The van der Waals surface area contributed by atoms with Crippen molar-refractivity contribution >= 4 is 11.7 Å². The van der Waals surface area contributed by atoms with Crippen LogP contribution in [0.25, 0.3) is 0 Å². The predicted octanol–water partition coefficient (Wildman–Crippen LogP) is 1.14. The minimum atomic E-state index is 0.00611. The third-order valence-electron chi connectivity index (χ3n) is 2.27. The lowest BCUT2D eigenvalue weighted by molar-refractivity contribution is -0.120. The Balaban J connectivity index is 2.25. The first kappa shape index (κ1) is 12.5. The number of rotatable bonds is 6. The number of aryl methyl sites for hydroxylation is 1. The van der Waals surface area contributed by atoms with E-state index in [1.165, 1.54) is 0 Å². The molecule has 0 radical (unpaired) electrons. The fraction of sp³-hybridized carbons (Fsp3) is 0.636. The minimum Gasteiger partial charge on any atom is -0.360 e. The fourth-order valence-corrected chi connectivity index (χ4v) is 1.51. The van der Waals surface area contributed by atoms with Crippen LogP contribution >= 0.6 is 0 Å². The van der Waals surface area contributed by atoms with Gasteiger partial charge in [0.1, 0.15) is 5.82 Å². The van der Waals surface area contributed by atoms with Gasteiger partial charge >= 0.3 is 0 Å². The number of nitrogens with one attached hydrogen (secondary N) is 2. The zero-order valence-corrected chi connectivity index (χ0v) is 10.2.